The van der Waals surface area contributed by atoms with E-state index in [0.717, 1.165) is 5.56 Å². The Kier molecular flexibility index (Phi) is 5.69. The van der Waals surface area contributed by atoms with Gasteiger partial charge in [-0.3, -0.25) is 4.79 Å². The first-order valence-electron chi connectivity index (χ1n) is 10.0. The molecule has 0 unspecified atom stereocenters. The second-order valence-corrected chi connectivity index (χ2v) is 9.23. The SMILES string of the molecule is Cc1ccc(S(=O)(=O)N=C2C=C(Nc3ccc(C(=O)O)cc3)C(=O)c3ccccc32)c(C)c1. The van der Waals surface area contributed by atoms with Crippen LogP contribution in [0.1, 0.15) is 37.4 Å². The van der Waals surface area contributed by atoms with Gasteiger partial charge in [0.25, 0.3) is 10.0 Å². The second kappa shape index (κ2) is 8.48. The topological polar surface area (TPSA) is 113 Å². The summed E-state index contributed by atoms with van der Waals surface area (Å²) in [4.78, 5) is 24.2. The summed E-state index contributed by atoms with van der Waals surface area (Å²) in [5.74, 6) is -1.38. The van der Waals surface area contributed by atoms with Crippen LogP contribution in [-0.4, -0.2) is 31.0 Å². The first kappa shape index (κ1) is 22.2. The Hall–Kier alpha value is -4.04. The average molecular weight is 461 g/mol. The van der Waals surface area contributed by atoms with E-state index in [4.69, 9.17) is 5.11 Å². The Bertz CT molecular complexity index is 1450. The maximum atomic E-state index is 13.1. The molecule has 1 aliphatic rings. The molecule has 8 heteroatoms. The lowest BCUT2D eigenvalue weighted by atomic mass is 9.92. The molecule has 0 spiro atoms. The third-order valence-corrected chi connectivity index (χ3v) is 6.66. The zero-order chi connectivity index (χ0) is 23.8. The molecule has 3 aromatic rings. The van der Waals surface area contributed by atoms with Crippen molar-refractivity contribution in [3.63, 3.8) is 0 Å². The Balaban J connectivity index is 1.79. The molecule has 0 saturated carbocycles. The maximum Gasteiger partial charge on any atom is 0.335 e. The molecule has 0 heterocycles. The van der Waals surface area contributed by atoms with Crippen molar-refractivity contribution in [3.8, 4) is 0 Å². The number of Topliss-reactive ketones (excluding diaryl/α,β-unsaturated/α-hetero) is 1. The minimum Gasteiger partial charge on any atom is -0.478 e. The zero-order valence-electron chi connectivity index (χ0n) is 17.9. The molecule has 0 amide bonds. The highest BCUT2D eigenvalue weighted by Gasteiger charge is 2.26. The molecule has 0 saturated heterocycles. The molecule has 4 rings (SSSR count). The van der Waals surface area contributed by atoms with E-state index in [1.165, 1.54) is 36.4 Å². The zero-order valence-corrected chi connectivity index (χ0v) is 18.7. The van der Waals surface area contributed by atoms with Gasteiger partial charge in [-0.05, 0) is 55.8 Å². The lowest BCUT2D eigenvalue weighted by Crippen LogP contribution is -2.22. The Morgan fingerprint density at radius 1 is 0.939 bits per heavy atom. The van der Waals surface area contributed by atoms with Gasteiger partial charge in [0.15, 0.2) is 0 Å². The van der Waals surface area contributed by atoms with Crippen molar-refractivity contribution in [2.24, 2.45) is 4.40 Å². The molecule has 2 N–H and O–H groups in total. The molecular formula is C25H20N2O5S. The first-order chi connectivity index (χ1) is 15.7. The van der Waals surface area contributed by atoms with Crippen LogP contribution in [-0.2, 0) is 10.0 Å². The largest absolute Gasteiger partial charge is 0.478 e. The number of carboxylic acids is 1. The van der Waals surface area contributed by atoms with Crippen LogP contribution in [0.3, 0.4) is 0 Å². The van der Waals surface area contributed by atoms with Gasteiger partial charge in [-0.1, -0.05) is 42.0 Å². The molecule has 0 atom stereocenters. The summed E-state index contributed by atoms with van der Waals surface area (Å²) < 4.78 is 30.3. The summed E-state index contributed by atoms with van der Waals surface area (Å²) >= 11 is 0. The van der Waals surface area contributed by atoms with E-state index in [9.17, 15) is 18.0 Å². The van der Waals surface area contributed by atoms with Gasteiger partial charge in [-0.25, -0.2) is 4.79 Å². The standard InChI is InChI=1S/C25H20N2O5S/c1-15-7-12-23(16(2)13-15)33(31,32)27-21-14-22(24(28)20-6-4-3-5-19(20)21)26-18-10-8-17(9-11-18)25(29)30/h3-14,26H,1-2H3,(H,29,30). The van der Waals surface area contributed by atoms with Gasteiger partial charge in [-0.15, -0.1) is 0 Å². The highest BCUT2D eigenvalue weighted by atomic mass is 32.2. The van der Waals surface area contributed by atoms with Crippen LogP contribution in [0.5, 0.6) is 0 Å². The Morgan fingerprint density at radius 2 is 1.61 bits per heavy atom. The molecule has 1 aliphatic carbocycles. The number of ketones is 1. The summed E-state index contributed by atoms with van der Waals surface area (Å²) in [5.41, 5.74) is 3.11. The lowest BCUT2D eigenvalue weighted by Gasteiger charge is -2.19. The van der Waals surface area contributed by atoms with Crippen LogP contribution in [0.4, 0.5) is 5.69 Å². The molecule has 0 aliphatic heterocycles. The van der Waals surface area contributed by atoms with Gasteiger partial charge in [0.2, 0.25) is 5.78 Å². The van der Waals surface area contributed by atoms with Gasteiger partial charge in [0, 0.05) is 16.8 Å². The van der Waals surface area contributed by atoms with Crippen LogP contribution >= 0.6 is 0 Å². The molecule has 3 aromatic carbocycles. The average Bonchev–Trinajstić information content (AvgIpc) is 2.77. The predicted molar refractivity (Wildman–Crippen MR) is 126 cm³/mol. The van der Waals surface area contributed by atoms with E-state index in [1.54, 1.807) is 43.3 Å². The highest BCUT2D eigenvalue weighted by molar-refractivity contribution is 7.90. The van der Waals surface area contributed by atoms with Crippen LogP contribution in [0.25, 0.3) is 0 Å². The molecule has 166 valence electrons. The van der Waals surface area contributed by atoms with Gasteiger partial charge < -0.3 is 10.4 Å². The fourth-order valence-corrected chi connectivity index (χ4v) is 4.83. The van der Waals surface area contributed by atoms with Crippen molar-refractivity contribution >= 4 is 33.2 Å². The number of aromatic carboxylic acids is 1. The number of rotatable bonds is 5. The molecule has 7 nitrogen and oxygen atoms in total. The van der Waals surface area contributed by atoms with E-state index >= 15 is 0 Å². The number of benzene rings is 3. The van der Waals surface area contributed by atoms with Gasteiger partial charge >= 0.3 is 5.97 Å². The number of hydrogen-bond acceptors (Lipinski definition) is 5. The maximum absolute atomic E-state index is 13.1. The van der Waals surface area contributed by atoms with E-state index in [2.05, 4.69) is 9.71 Å². The minimum absolute atomic E-state index is 0.0992. The summed E-state index contributed by atoms with van der Waals surface area (Å²) in [6.45, 7) is 3.59. The number of nitrogens with zero attached hydrogens (tertiary/aromatic N) is 1. The summed E-state index contributed by atoms with van der Waals surface area (Å²) in [7, 11) is -4.04. The molecule has 33 heavy (non-hydrogen) atoms. The van der Waals surface area contributed by atoms with E-state index < -0.39 is 16.0 Å². The number of carbonyl (C=O) groups excluding carboxylic acids is 1. The lowest BCUT2D eigenvalue weighted by molar-refractivity contribution is 0.0696. The van der Waals surface area contributed by atoms with Crippen molar-refractivity contribution in [2.45, 2.75) is 18.7 Å². The van der Waals surface area contributed by atoms with E-state index in [-0.39, 0.29) is 27.7 Å². The summed E-state index contributed by atoms with van der Waals surface area (Å²) in [5, 5.41) is 12.0. The number of allylic oxidation sites excluding steroid dienone is 2. The Morgan fingerprint density at radius 3 is 2.24 bits per heavy atom. The van der Waals surface area contributed by atoms with Crippen LogP contribution in [0.2, 0.25) is 0 Å². The Labute approximate surface area is 191 Å². The van der Waals surface area contributed by atoms with Crippen molar-refractivity contribution in [3.05, 3.63) is 106 Å². The fourth-order valence-electron chi connectivity index (χ4n) is 3.62. The minimum atomic E-state index is -4.04. The number of hydrogen-bond donors (Lipinski definition) is 2. The van der Waals surface area contributed by atoms with Crippen molar-refractivity contribution in [1.29, 1.82) is 0 Å². The smallest absolute Gasteiger partial charge is 0.335 e. The second-order valence-electron chi connectivity index (χ2n) is 7.66. The number of sulfonamides is 1. The van der Waals surface area contributed by atoms with Gasteiger partial charge in [0.05, 0.1) is 21.9 Å². The van der Waals surface area contributed by atoms with Crippen LogP contribution in [0, 0.1) is 13.8 Å². The monoisotopic (exact) mass is 460 g/mol. The number of carbonyl (C=O) groups is 2. The number of anilines is 1. The number of fused-ring (bicyclic) bond motifs is 1. The molecule has 0 fully saturated rings. The highest BCUT2D eigenvalue weighted by Crippen LogP contribution is 2.26. The van der Waals surface area contributed by atoms with E-state index in [1.807, 2.05) is 6.92 Å². The first-order valence-corrected chi connectivity index (χ1v) is 11.5. The molecule has 0 radical (unpaired) electrons. The van der Waals surface area contributed by atoms with Crippen molar-refractivity contribution < 1.29 is 23.1 Å². The molecule has 0 bridgehead atoms. The molecular weight excluding hydrogens is 440 g/mol. The molecule has 0 aromatic heterocycles. The number of aryl methyl sites for hydroxylation is 2. The predicted octanol–water partition coefficient (Wildman–Crippen LogP) is 4.37. The van der Waals surface area contributed by atoms with Crippen molar-refractivity contribution in [1.82, 2.24) is 0 Å². The van der Waals surface area contributed by atoms with Crippen LogP contribution in [0.15, 0.2) is 87.8 Å². The van der Waals surface area contributed by atoms with Gasteiger partial charge in [0.1, 0.15) is 0 Å². The van der Waals surface area contributed by atoms with E-state index in [0.29, 0.717) is 22.4 Å². The quantitative estimate of drug-likeness (QED) is 0.585. The number of nitrogens with one attached hydrogen (secondary N) is 1. The number of carboxylic acid groups (broad SMARTS) is 1. The normalized spacial score (nSPS) is 14.5. The van der Waals surface area contributed by atoms with Gasteiger partial charge in [-0.2, -0.15) is 12.8 Å². The van der Waals surface area contributed by atoms with Crippen LogP contribution < -0.4 is 5.32 Å². The summed E-state index contributed by atoms with van der Waals surface area (Å²) in [6, 6.07) is 17.5. The van der Waals surface area contributed by atoms with Crippen molar-refractivity contribution in [2.75, 3.05) is 5.32 Å². The fraction of sp³-hybridized carbons (Fsp3) is 0.0800. The third-order valence-electron chi connectivity index (χ3n) is 5.21. The summed E-state index contributed by atoms with van der Waals surface area (Å²) in [6.07, 6.45) is 1.40. The third kappa shape index (κ3) is 4.47.